The van der Waals surface area contributed by atoms with E-state index in [4.69, 9.17) is 5.73 Å². The molecule has 0 aliphatic carbocycles. The summed E-state index contributed by atoms with van der Waals surface area (Å²) in [5.74, 6) is 1.02. The third-order valence-corrected chi connectivity index (χ3v) is 2.76. The minimum absolute atomic E-state index is 0.391. The summed E-state index contributed by atoms with van der Waals surface area (Å²) in [6.07, 6.45) is 4.83. The van der Waals surface area contributed by atoms with E-state index in [0.29, 0.717) is 12.6 Å². The van der Waals surface area contributed by atoms with Crippen molar-refractivity contribution in [2.75, 3.05) is 6.54 Å². The fourth-order valence-electron chi connectivity index (χ4n) is 1.86. The Morgan fingerprint density at radius 2 is 2.06 bits per heavy atom. The average molecular weight is 215 g/mol. The summed E-state index contributed by atoms with van der Waals surface area (Å²) in [4.78, 5) is 4.41. The second-order valence-electron chi connectivity index (χ2n) is 3.95. The highest BCUT2D eigenvalue weighted by atomic mass is 15.1. The standard InChI is InChI=1S/C13H17N3/c1-11(7-8-14)16-10-9-15-13(16)12-5-3-2-4-6-12/h2-6,9-11H,7-8,14H2,1H3. The van der Waals surface area contributed by atoms with Crippen molar-refractivity contribution in [3.63, 3.8) is 0 Å². The Balaban J connectivity index is 2.33. The summed E-state index contributed by atoms with van der Waals surface area (Å²) < 4.78 is 2.18. The second kappa shape index (κ2) is 4.94. The van der Waals surface area contributed by atoms with Crippen molar-refractivity contribution < 1.29 is 0 Å². The summed E-state index contributed by atoms with van der Waals surface area (Å²) in [5, 5.41) is 0. The van der Waals surface area contributed by atoms with Crippen LogP contribution in [-0.2, 0) is 0 Å². The van der Waals surface area contributed by atoms with Gasteiger partial charge in [-0.05, 0) is 19.9 Å². The van der Waals surface area contributed by atoms with Crippen molar-refractivity contribution in [1.29, 1.82) is 0 Å². The van der Waals surface area contributed by atoms with Crippen molar-refractivity contribution in [3.05, 3.63) is 42.7 Å². The van der Waals surface area contributed by atoms with Gasteiger partial charge in [0.1, 0.15) is 5.82 Å². The lowest BCUT2D eigenvalue weighted by Gasteiger charge is -2.15. The molecule has 0 fully saturated rings. The zero-order valence-corrected chi connectivity index (χ0v) is 9.50. The van der Waals surface area contributed by atoms with Gasteiger partial charge < -0.3 is 10.3 Å². The van der Waals surface area contributed by atoms with Gasteiger partial charge in [-0.2, -0.15) is 0 Å². The molecule has 1 unspecified atom stereocenters. The van der Waals surface area contributed by atoms with E-state index in [1.165, 1.54) is 0 Å². The number of nitrogens with two attached hydrogens (primary N) is 1. The van der Waals surface area contributed by atoms with E-state index in [1.807, 2.05) is 30.6 Å². The molecule has 1 heterocycles. The average Bonchev–Trinajstić information content (AvgIpc) is 2.79. The maximum Gasteiger partial charge on any atom is 0.140 e. The van der Waals surface area contributed by atoms with Crippen LogP contribution in [0.4, 0.5) is 0 Å². The number of nitrogens with zero attached hydrogens (tertiary/aromatic N) is 2. The van der Waals surface area contributed by atoms with Crippen LogP contribution < -0.4 is 5.73 Å². The Morgan fingerprint density at radius 1 is 1.31 bits per heavy atom. The van der Waals surface area contributed by atoms with Gasteiger partial charge in [0.15, 0.2) is 0 Å². The van der Waals surface area contributed by atoms with E-state index in [0.717, 1.165) is 17.8 Å². The first kappa shape index (κ1) is 10.9. The molecular formula is C13H17N3. The van der Waals surface area contributed by atoms with E-state index in [1.54, 1.807) is 0 Å². The Hall–Kier alpha value is -1.61. The first-order valence-corrected chi connectivity index (χ1v) is 5.61. The summed E-state index contributed by atoms with van der Waals surface area (Å²) >= 11 is 0. The highest BCUT2D eigenvalue weighted by Crippen LogP contribution is 2.21. The molecule has 84 valence electrons. The Labute approximate surface area is 95.9 Å². The number of benzene rings is 1. The molecule has 0 saturated heterocycles. The van der Waals surface area contributed by atoms with Gasteiger partial charge in [-0.15, -0.1) is 0 Å². The van der Waals surface area contributed by atoms with Crippen molar-refractivity contribution >= 4 is 0 Å². The molecule has 0 spiro atoms. The fraction of sp³-hybridized carbons (Fsp3) is 0.308. The number of imidazole rings is 1. The van der Waals surface area contributed by atoms with Crippen LogP contribution in [0.1, 0.15) is 19.4 Å². The first-order chi connectivity index (χ1) is 7.83. The highest BCUT2D eigenvalue weighted by Gasteiger charge is 2.10. The quantitative estimate of drug-likeness (QED) is 0.851. The molecule has 3 heteroatoms. The van der Waals surface area contributed by atoms with Crippen LogP contribution in [0.5, 0.6) is 0 Å². The van der Waals surface area contributed by atoms with E-state index >= 15 is 0 Å². The predicted octanol–water partition coefficient (Wildman–Crippen LogP) is 2.46. The first-order valence-electron chi connectivity index (χ1n) is 5.61. The normalized spacial score (nSPS) is 12.6. The number of rotatable bonds is 4. The van der Waals surface area contributed by atoms with Gasteiger partial charge in [0, 0.05) is 24.0 Å². The molecule has 1 aromatic heterocycles. The molecule has 0 aliphatic rings. The summed E-state index contributed by atoms with van der Waals surface area (Å²) in [5.41, 5.74) is 6.74. The van der Waals surface area contributed by atoms with E-state index in [2.05, 4.69) is 28.6 Å². The lowest BCUT2D eigenvalue weighted by atomic mass is 10.2. The minimum atomic E-state index is 0.391. The van der Waals surface area contributed by atoms with Crippen LogP contribution in [0, 0.1) is 0 Å². The lowest BCUT2D eigenvalue weighted by molar-refractivity contribution is 0.518. The third-order valence-electron chi connectivity index (χ3n) is 2.76. The van der Waals surface area contributed by atoms with Gasteiger partial charge in [0.05, 0.1) is 0 Å². The summed E-state index contributed by atoms with van der Waals surface area (Å²) in [7, 11) is 0. The van der Waals surface area contributed by atoms with Crippen molar-refractivity contribution in [2.24, 2.45) is 5.73 Å². The van der Waals surface area contributed by atoms with Gasteiger partial charge in [-0.25, -0.2) is 4.98 Å². The van der Waals surface area contributed by atoms with Crippen LogP contribution in [0.15, 0.2) is 42.7 Å². The van der Waals surface area contributed by atoms with Crippen LogP contribution in [0.2, 0.25) is 0 Å². The van der Waals surface area contributed by atoms with Gasteiger partial charge >= 0.3 is 0 Å². The zero-order chi connectivity index (χ0) is 11.4. The van der Waals surface area contributed by atoms with Gasteiger partial charge in [0.25, 0.3) is 0 Å². The number of hydrogen-bond acceptors (Lipinski definition) is 2. The second-order valence-corrected chi connectivity index (χ2v) is 3.95. The highest BCUT2D eigenvalue weighted by molar-refractivity contribution is 5.55. The summed E-state index contributed by atoms with van der Waals surface area (Å²) in [6.45, 7) is 2.87. The Kier molecular flexibility index (Phi) is 3.37. The van der Waals surface area contributed by atoms with E-state index < -0.39 is 0 Å². The maximum atomic E-state index is 5.59. The molecule has 2 N–H and O–H groups in total. The Morgan fingerprint density at radius 3 is 2.75 bits per heavy atom. The van der Waals surface area contributed by atoms with Gasteiger partial charge in [0.2, 0.25) is 0 Å². The largest absolute Gasteiger partial charge is 0.330 e. The summed E-state index contributed by atoms with van der Waals surface area (Å²) in [6, 6.07) is 10.6. The van der Waals surface area contributed by atoms with E-state index in [9.17, 15) is 0 Å². The van der Waals surface area contributed by atoms with Gasteiger partial charge in [-0.1, -0.05) is 30.3 Å². The molecule has 2 rings (SSSR count). The topological polar surface area (TPSA) is 43.8 Å². The van der Waals surface area contributed by atoms with Gasteiger partial charge in [-0.3, -0.25) is 0 Å². The molecule has 0 saturated carbocycles. The predicted molar refractivity (Wildman–Crippen MR) is 66.0 cm³/mol. The monoisotopic (exact) mass is 215 g/mol. The molecule has 0 radical (unpaired) electrons. The molecule has 16 heavy (non-hydrogen) atoms. The minimum Gasteiger partial charge on any atom is -0.330 e. The van der Waals surface area contributed by atoms with E-state index in [-0.39, 0.29) is 0 Å². The van der Waals surface area contributed by atoms with Crippen molar-refractivity contribution in [3.8, 4) is 11.4 Å². The molecule has 2 aromatic rings. The van der Waals surface area contributed by atoms with Crippen LogP contribution in [0.3, 0.4) is 0 Å². The molecular weight excluding hydrogens is 198 g/mol. The zero-order valence-electron chi connectivity index (χ0n) is 9.50. The maximum absolute atomic E-state index is 5.59. The molecule has 3 nitrogen and oxygen atoms in total. The number of aromatic nitrogens is 2. The number of hydrogen-bond donors (Lipinski definition) is 1. The van der Waals surface area contributed by atoms with Crippen molar-refractivity contribution in [1.82, 2.24) is 9.55 Å². The molecule has 0 bridgehead atoms. The SMILES string of the molecule is CC(CCN)n1ccnc1-c1ccccc1. The fourth-order valence-corrected chi connectivity index (χ4v) is 1.86. The molecule has 0 aliphatic heterocycles. The Bertz CT molecular complexity index is 433. The van der Waals surface area contributed by atoms with Crippen LogP contribution >= 0.6 is 0 Å². The van der Waals surface area contributed by atoms with Crippen LogP contribution in [-0.4, -0.2) is 16.1 Å². The lowest BCUT2D eigenvalue weighted by Crippen LogP contribution is -2.11. The molecule has 0 amide bonds. The van der Waals surface area contributed by atoms with Crippen LogP contribution in [0.25, 0.3) is 11.4 Å². The smallest absolute Gasteiger partial charge is 0.140 e. The third kappa shape index (κ3) is 2.14. The van der Waals surface area contributed by atoms with Crippen molar-refractivity contribution in [2.45, 2.75) is 19.4 Å². The molecule has 1 aromatic carbocycles. The molecule has 1 atom stereocenters.